The molecule has 0 amide bonds. The number of hydrogen-bond donors (Lipinski definition) is 0. The van der Waals surface area contributed by atoms with E-state index >= 15 is 0 Å². The molecule has 1 atom stereocenters. The van der Waals surface area contributed by atoms with Crippen LogP contribution in [-0.2, 0) is 0 Å². The number of carbonyl (C=O) groups is 1. The molecule has 1 aliphatic heterocycles. The summed E-state index contributed by atoms with van der Waals surface area (Å²) in [5.41, 5.74) is 0.717. The molecule has 0 saturated carbocycles. The Bertz CT molecular complexity index is 346. The van der Waals surface area contributed by atoms with Gasteiger partial charge >= 0.3 is 0 Å². The van der Waals surface area contributed by atoms with Crippen LogP contribution >= 0.6 is 22.6 Å². The van der Waals surface area contributed by atoms with Crippen molar-refractivity contribution in [1.82, 2.24) is 0 Å². The molecule has 0 aliphatic carbocycles. The second-order valence-electron chi connectivity index (χ2n) is 2.76. The van der Waals surface area contributed by atoms with Gasteiger partial charge in [0.2, 0.25) is 5.78 Å². The number of hydrogen-bond acceptors (Lipinski definition) is 2. The Hall–Kier alpha value is -0.580. The number of ketones is 1. The lowest BCUT2D eigenvalue weighted by atomic mass is 10.1. The van der Waals surface area contributed by atoms with Gasteiger partial charge in [0.25, 0.3) is 0 Å². The van der Waals surface area contributed by atoms with Gasteiger partial charge < -0.3 is 4.74 Å². The van der Waals surface area contributed by atoms with Gasteiger partial charge in [-0.15, -0.1) is 0 Å². The molecule has 1 heterocycles. The van der Waals surface area contributed by atoms with Crippen LogP contribution in [0.1, 0.15) is 17.3 Å². The van der Waals surface area contributed by atoms with E-state index < -0.39 is 0 Å². The molecule has 0 radical (unpaired) electrons. The summed E-state index contributed by atoms with van der Waals surface area (Å²) in [4.78, 5) is 11.4. The first-order chi connectivity index (χ1) is 5.68. The third-order valence-electron chi connectivity index (χ3n) is 1.88. The fourth-order valence-electron chi connectivity index (χ4n) is 1.26. The lowest BCUT2D eigenvalue weighted by Crippen LogP contribution is -2.14. The SMILES string of the molecule is CC1Oc2ccc(I)cc2C1=O. The lowest BCUT2D eigenvalue weighted by molar-refractivity contribution is 0.0878. The van der Waals surface area contributed by atoms with Crippen LogP contribution < -0.4 is 4.74 Å². The Balaban J connectivity index is 2.56. The molecular weight excluding hydrogens is 267 g/mol. The molecule has 1 unspecified atom stereocenters. The lowest BCUT2D eigenvalue weighted by Gasteiger charge is -1.99. The Morgan fingerprint density at radius 1 is 1.50 bits per heavy atom. The topological polar surface area (TPSA) is 26.3 Å². The smallest absolute Gasteiger partial charge is 0.206 e. The van der Waals surface area contributed by atoms with E-state index in [0.717, 1.165) is 9.13 Å². The Morgan fingerprint density at radius 2 is 2.25 bits per heavy atom. The van der Waals surface area contributed by atoms with Gasteiger partial charge in [-0.3, -0.25) is 4.79 Å². The molecule has 1 aromatic rings. The van der Waals surface area contributed by atoms with Crippen molar-refractivity contribution < 1.29 is 9.53 Å². The molecule has 62 valence electrons. The van der Waals surface area contributed by atoms with E-state index in [1.165, 1.54) is 0 Å². The first-order valence-corrected chi connectivity index (χ1v) is 4.77. The molecule has 1 aliphatic rings. The number of fused-ring (bicyclic) bond motifs is 1. The Kier molecular flexibility index (Phi) is 1.83. The van der Waals surface area contributed by atoms with Crippen molar-refractivity contribution in [3.63, 3.8) is 0 Å². The summed E-state index contributed by atoms with van der Waals surface area (Å²) in [5, 5.41) is 0. The van der Waals surface area contributed by atoms with Gasteiger partial charge in [-0.05, 0) is 47.7 Å². The monoisotopic (exact) mass is 274 g/mol. The van der Waals surface area contributed by atoms with Crippen LogP contribution in [-0.4, -0.2) is 11.9 Å². The van der Waals surface area contributed by atoms with Gasteiger partial charge in [-0.2, -0.15) is 0 Å². The molecule has 1 aromatic carbocycles. The number of halogens is 1. The zero-order valence-electron chi connectivity index (χ0n) is 6.50. The molecule has 0 spiro atoms. The number of rotatable bonds is 0. The molecule has 0 N–H and O–H groups in total. The first kappa shape index (κ1) is 8.04. The molecule has 0 bridgehead atoms. The normalized spacial score (nSPS) is 20.5. The van der Waals surface area contributed by atoms with Crippen LogP contribution in [0, 0.1) is 3.57 Å². The maximum atomic E-state index is 11.4. The minimum Gasteiger partial charge on any atom is -0.482 e. The summed E-state index contributed by atoms with van der Waals surface area (Å²) in [6.45, 7) is 1.77. The number of ether oxygens (including phenoxy) is 1. The van der Waals surface area contributed by atoms with Crippen molar-refractivity contribution in [2.45, 2.75) is 13.0 Å². The number of Topliss-reactive ketones (excluding diaryl/α,β-unsaturated/α-hetero) is 1. The average molecular weight is 274 g/mol. The second kappa shape index (κ2) is 2.73. The highest BCUT2D eigenvalue weighted by Crippen LogP contribution is 2.29. The summed E-state index contributed by atoms with van der Waals surface area (Å²) < 4.78 is 6.39. The highest BCUT2D eigenvalue weighted by molar-refractivity contribution is 14.1. The molecule has 0 saturated heterocycles. The van der Waals surface area contributed by atoms with Crippen LogP contribution in [0.5, 0.6) is 5.75 Å². The highest BCUT2D eigenvalue weighted by Gasteiger charge is 2.28. The summed E-state index contributed by atoms with van der Waals surface area (Å²) in [6.07, 6.45) is -0.307. The van der Waals surface area contributed by atoms with Gasteiger partial charge in [0.15, 0.2) is 6.10 Å². The largest absolute Gasteiger partial charge is 0.482 e. The zero-order chi connectivity index (χ0) is 8.72. The van der Waals surface area contributed by atoms with E-state index in [-0.39, 0.29) is 11.9 Å². The van der Waals surface area contributed by atoms with Crippen LogP contribution in [0.15, 0.2) is 18.2 Å². The molecule has 3 heteroatoms. The van der Waals surface area contributed by atoms with E-state index in [9.17, 15) is 4.79 Å². The van der Waals surface area contributed by atoms with E-state index in [0.29, 0.717) is 5.75 Å². The van der Waals surface area contributed by atoms with Gasteiger partial charge in [-0.25, -0.2) is 0 Å². The molecule has 0 fully saturated rings. The molecule has 12 heavy (non-hydrogen) atoms. The summed E-state index contributed by atoms with van der Waals surface area (Å²) in [7, 11) is 0. The molecule has 2 rings (SSSR count). The van der Waals surface area contributed by atoms with Crippen molar-refractivity contribution in [3.8, 4) is 5.75 Å². The van der Waals surface area contributed by atoms with E-state index in [2.05, 4.69) is 22.6 Å². The Morgan fingerprint density at radius 3 is 3.00 bits per heavy atom. The van der Waals surface area contributed by atoms with Gasteiger partial charge in [0.1, 0.15) is 5.75 Å². The van der Waals surface area contributed by atoms with Gasteiger partial charge in [0.05, 0.1) is 5.56 Å². The number of carbonyl (C=O) groups excluding carboxylic acids is 1. The summed E-state index contributed by atoms with van der Waals surface area (Å²) >= 11 is 2.18. The fraction of sp³-hybridized carbons (Fsp3) is 0.222. The van der Waals surface area contributed by atoms with E-state index in [1.54, 1.807) is 6.92 Å². The first-order valence-electron chi connectivity index (χ1n) is 3.69. The quantitative estimate of drug-likeness (QED) is 0.678. The fourth-order valence-corrected chi connectivity index (χ4v) is 1.75. The minimum atomic E-state index is -0.307. The predicted molar refractivity (Wildman–Crippen MR) is 53.6 cm³/mol. The zero-order valence-corrected chi connectivity index (χ0v) is 8.66. The van der Waals surface area contributed by atoms with Crippen molar-refractivity contribution in [1.29, 1.82) is 0 Å². The van der Waals surface area contributed by atoms with Crippen LogP contribution in [0.2, 0.25) is 0 Å². The third kappa shape index (κ3) is 1.12. The van der Waals surface area contributed by atoms with Crippen molar-refractivity contribution >= 4 is 28.4 Å². The van der Waals surface area contributed by atoms with Crippen LogP contribution in [0.3, 0.4) is 0 Å². The third-order valence-corrected chi connectivity index (χ3v) is 2.55. The maximum absolute atomic E-state index is 11.4. The van der Waals surface area contributed by atoms with Crippen molar-refractivity contribution in [2.75, 3.05) is 0 Å². The van der Waals surface area contributed by atoms with Crippen LogP contribution in [0.4, 0.5) is 0 Å². The van der Waals surface area contributed by atoms with Crippen molar-refractivity contribution in [3.05, 3.63) is 27.3 Å². The molecule has 2 nitrogen and oxygen atoms in total. The predicted octanol–water partition coefficient (Wildman–Crippen LogP) is 2.25. The standard InChI is InChI=1S/C9H7IO2/c1-5-9(11)7-4-6(10)2-3-8(7)12-5/h2-5H,1H3. The van der Waals surface area contributed by atoms with Gasteiger partial charge in [-0.1, -0.05) is 0 Å². The summed E-state index contributed by atoms with van der Waals surface area (Å²) in [6, 6.07) is 5.64. The Labute approximate surface area is 84.1 Å². The molecular formula is C9H7IO2. The van der Waals surface area contributed by atoms with Crippen LogP contribution in [0.25, 0.3) is 0 Å². The minimum absolute atomic E-state index is 0.0866. The van der Waals surface area contributed by atoms with E-state index in [1.807, 2.05) is 18.2 Å². The second-order valence-corrected chi connectivity index (χ2v) is 4.01. The molecule has 0 aromatic heterocycles. The highest BCUT2D eigenvalue weighted by atomic mass is 127. The number of benzene rings is 1. The summed E-state index contributed by atoms with van der Waals surface area (Å²) in [5.74, 6) is 0.802. The van der Waals surface area contributed by atoms with E-state index in [4.69, 9.17) is 4.74 Å². The van der Waals surface area contributed by atoms with Crippen molar-refractivity contribution in [2.24, 2.45) is 0 Å². The maximum Gasteiger partial charge on any atom is 0.206 e. The van der Waals surface area contributed by atoms with Gasteiger partial charge in [0, 0.05) is 3.57 Å². The average Bonchev–Trinajstić information content (AvgIpc) is 2.31.